The maximum atomic E-state index is 5.97. The number of piperidine rings is 1. The molecule has 4 heterocycles. The number of anilines is 1. The summed E-state index contributed by atoms with van der Waals surface area (Å²) < 4.78 is 2.20. The van der Waals surface area contributed by atoms with Gasteiger partial charge in [-0.25, -0.2) is 9.97 Å². The molecule has 1 saturated heterocycles. The Morgan fingerprint density at radius 1 is 1.32 bits per heavy atom. The summed E-state index contributed by atoms with van der Waals surface area (Å²) in [6, 6.07) is 0. The first kappa shape index (κ1) is 10.8. The van der Waals surface area contributed by atoms with E-state index < -0.39 is 0 Å². The molecule has 98 valence electrons. The molecule has 2 aliphatic rings. The highest BCUT2D eigenvalue weighted by molar-refractivity contribution is 5.65. The number of nitrogen functional groups attached to an aromatic ring is 1. The number of nitrogens with zero attached hydrogens (tertiary/aromatic N) is 4. The van der Waals surface area contributed by atoms with E-state index in [1.165, 1.54) is 18.5 Å². The molecule has 0 aromatic carbocycles. The Hall–Kier alpha value is -2.04. The smallest absolute Gasteiger partial charge is 0.149 e. The van der Waals surface area contributed by atoms with Gasteiger partial charge >= 0.3 is 0 Å². The molecule has 2 aliphatic heterocycles. The lowest BCUT2D eigenvalue weighted by atomic mass is 9.95. The molecule has 0 amide bonds. The monoisotopic (exact) mass is 255 g/mol. The number of nitrogens with two attached hydrogens (primary N) is 1. The zero-order valence-corrected chi connectivity index (χ0v) is 10.8. The van der Waals surface area contributed by atoms with Crippen LogP contribution >= 0.6 is 0 Å². The second-order valence-electron chi connectivity index (χ2n) is 5.50. The number of rotatable bonds is 0. The van der Waals surface area contributed by atoms with Crippen molar-refractivity contribution in [2.24, 2.45) is 0 Å². The van der Waals surface area contributed by atoms with Gasteiger partial charge in [0, 0.05) is 43.0 Å². The normalized spacial score (nSPS) is 22.4. The molecule has 2 N–H and O–H groups in total. The molecular weight excluding hydrogens is 238 g/mol. The minimum atomic E-state index is 0.467. The third-order valence-electron chi connectivity index (χ3n) is 4.31. The number of fused-ring (bicyclic) bond motifs is 3. The van der Waals surface area contributed by atoms with Gasteiger partial charge in [0.1, 0.15) is 17.2 Å². The van der Waals surface area contributed by atoms with Gasteiger partial charge in [-0.1, -0.05) is 6.58 Å². The van der Waals surface area contributed by atoms with Gasteiger partial charge in [0.05, 0.1) is 6.20 Å². The average Bonchev–Trinajstić information content (AvgIpc) is 2.87. The van der Waals surface area contributed by atoms with Crippen molar-refractivity contribution in [2.45, 2.75) is 25.2 Å². The summed E-state index contributed by atoms with van der Waals surface area (Å²) in [7, 11) is 0. The van der Waals surface area contributed by atoms with E-state index in [9.17, 15) is 0 Å². The fraction of sp³-hybridized carbons (Fsp3) is 0.429. The molecule has 4 rings (SSSR count). The predicted octanol–water partition coefficient (Wildman–Crippen LogP) is 1.56. The zero-order valence-electron chi connectivity index (χ0n) is 10.8. The van der Waals surface area contributed by atoms with Gasteiger partial charge in [-0.05, 0) is 12.8 Å². The molecule has 19 heavy (non-hydrogen) atoms. The minimum absolute atomic E-state index is 0.467. The van der Waals surface area contributed by atoms with E-state index in [0.717, 1.165) is 36.5 Å². The molecule has 0 saturated carbocycles. The maximum absolute atomic E-state index is 5.97. The Morgan fingerprint density at radius 3 is 3.11 bits per heavy atom. The van der Waals surface area contributed by atoms with E-state index in [2.05, 4.69) is 25.8 Å². The molecule has 2 aromatic heterocycles. The summed E-state index contributed by atoms with van der Waals surface area (Å²) in [6.45, 7) is 6.38. The summed E-state index contributed by atoms with van der Waals surface area (Å²) in [4.78, 5) is 11.3. The fourth-order valence-electron chi connectivity index (χ4n) is 3.33. The molecule has 0 unspecified atom stereocenters. The first-order valence-corrected chi connectivity index (χ1v) is 6.77. The standard InChI is InChI=1S/C14H17N5/c1-9-5-11-6-16-13(15)12-7-17-14(19(11)12)10-3-2-4-18(9)8-10/h6-7,10H,1-5,8H2,(H2,15,16)/t10-/m1/s1. The fourth-order valence-corrected chi connectivity index (χ4v) is 3.33. The Balaban J connectivity index is 2.00. The molecule has 2 aromatic rings. The van der Waals surface area contributed by atoms with Crippen LogP contribution in [0.25, 0.3) is 5.52 Å². The van der Waals surface area contributed by atoms with Gasteiger partial charge in [-0.15, -0.1) is 0 Å². The highest BCUT2D eigenvalue weighted by Gasteiger charge is 2.29. The van der Waals surface area contributed by atoms with Crippen LogP contribution in [0.5, 0.6) is 0 Å². The van der Waals surface area contributed by atoms with Crippen LogP contribution in [0.2, 0.25) is 0 Å². The topological polar surface area (TPSA) is 59.4 Å². The van der Waals surface area contributed by atoms with Crippen LogP contribution < -0.4 is 5.73 Å². The van der Waals surface area contributed by atoms with Crippen LogP contribution in [-0.4, -0.2) is 32.4 Å². The van der Waals surface area contributed by atoms with E-state index >= 15 is 0 Å². The lowest BCUT2D eigenvalue weighted by Gasteiger charge is -2.37. The highest BCUT2D eigenvalue weighted by atomic mass is 15.2. The molecule has 5 nitrogen and oxygen atoms in total. The second-order valence-corrected chi connectivity index (χ2v) is 5.50. The SMILES string of the molecule is C=C1Cc2cnc(N)c3cnc(n23)[C@@H]2CCCN1C2. The average molecular weight is 255 g/mol. The molecule has 0 spiro atoms. The molecule has 5 heteroatoms. The van der Waals surface area contributed by atoms with Crippen LogP contribution in [0, 0.1) is 0 Å². The quantitative estimate of drug-likeness (QED) is 0.776. The Bertz CT molecular complexity index is 672. The Kier molecular flexibility index (Phi) is 2.13. The van der Waals surface area contributed by atoms with E-state index in [4.69, 9.17) is 5.73 Å². The minimum Gasteiger partial charge on any atom is -0.382 e. The van der Waals surface area contributed by atoms with Crippen molar-refractivity contribution in [3.8, 4) is 0 Å². The first-order chi connectivity index (χ1) is 9.24. The molecule has 1 fully saturated rings. The molecule has 0 aliphatic carbocycles. The first-order valence-electron chi connectivity index (χ1n) is 6.77. The summed E-state index contributed by atoms with van der Waals surface area (Å²) in [5.41, 5.74) is 9.21. The Labute approximate surface area is 111 Å². The summed E-state index contributed by atoms with van der Waals surface area (Å²) in [5, 5.41) is 0. The van der Waals surface area contributed by atoms with E-state index in [0.29, 0.717) is 11.7 Å². The number of aromatic nitrogens is 3. The molecule has 0 radical (unpaired) electrons. The van der Waals surface area contributed by atoms with Crippen LogP contribution in [-0.2, 0) is 6.42 Å². The van der Waals surface area contributed by atoms with Crippen molar-refractivity contribution < 1.29 is 0 Å². The number of hydrogen-bond donors (Lipinski definition) is 1. The van der Waals surface area contributed by atoms with Crippen molar-refractivity contribution in [1.29, 1.82) is 0 Å². The largest absolute Gasteiger partial charge is 0.382 e. The van der Waals surface area contributed by atoms with E-state index in [1.54, 1.807) is 0 Å². The van der Waals surface area contributed by atoms with Crippen molar-refractivity contribution >= 4 is 11.3 Å². The summed E-state index contributed by atoms with van der Waals surface area (Å²) >= 11 is 0. The van der Waals surface area contributed by atoms with E-state index in [-0.39, 0.29) is 0 Å². The molecule has 2 bridgehead atoms. The van der Waals surface area contributed by atoms with Crippen LogP contribution in [0.15, 0.2) is 24.7 Å². The lowest BCUT2D eigenvalue weighted by Crippen LogP contribution is -2.36. The molecule has 1 atom stereocenters. The predicted molar refractivity (Wildman–Crippen MR) is 73.8 cm³/mol. The number of allylic oxidation sites excluding steroid dienone is 1. The number of hydrogen-bond acceptors (Lipinski definition) is 4. The summed E-state index contributed by atoms with van der Waals surface area (Å²) in [6.07, 6.45) is 6.92. The summed E-state index contributed by atoms with van der Waals surface area (Å²) in [5.74, 6) is 2.16. The lowest BCUT2D eigenvalue weighted by molar-refractivity contribution is 0.244. The van der Waals surface area contributed by atoms with E-state index in [1.807, 2.05) is 12.4 Å². The molecular formula is C14H17N5. The van der Waals surface area contributed by atoms with Gasteiger partial charge in [0.2, 0.25) is 0 Å². The van der Waals surface area contributed by atoms with Crippen LogP contribution in [0.1, 0.15) is 30.3 Å². The Morgan fingerprint density at radius 2 is 2.21 bits per heavy atom. The van der Waals surface area contributed by atoms with Gasteiger partial charge in [0.25, 0.3) is 0 Å². The van der Waals surface area contributed by atoms with Crippen LogP contribution in [0.3, 0.4) is 0 Å². The highest BCUT2D eigenvalue weighted by Crippen LogP contribution is 2.32. The van der Waals surface area contributed by atoms with Gasteiger partial charge in [-0.3, -0.25) is 4.40 Å². The van der Waals surface area contributed by atoms with Gasteiger partial charge in [0.15, 0.2) is 0 Å². The van der Waals surface area contributed by atoms with Gasteiger partial charge < -0.3 is 10.6 Å². The number of imidazole rings is 1. The zero-order chi connectivity index (χ0) is 13.0. The third-order valence-corrected chi connectivity index (χ3v) is 4.31. The van der Waals surface area contributed by atoms with Crippen LogP contribution in [0.4, 0.5) is 5.82 Å². The van der Waals surface area contributed by atoms with Crippen molar-refractivity contribution in [1.82, 2.24) is 19.3 Å². The second kappa shape index (κ2) is 3.73. The maximum Gasteiger partial charge on any atom is 0.149 e. The van der Waals surface area contributed by atoms with Gasteiger partial charge in [-0.2, -0.15) is 0 Å². The van der Waals surface area contributed by atoms with Crippen molar-refractivity contribution in [3.05, 3.63) is 36.2 Å². The third kappa shape index (κ3) is 1.47. The van der Waals surface area contributed by atoms with Crippen molar-refractivity contribution in [2.75, 3.05) is 18.8 Å². The van der Waals surface area contributed by atoms with Crippen molar-refractivity contribution in [3.63, 3.8) is 0 Å².